The molecule has 0 N–H and O–H groups in total. The van der Waals surface area contributed by atoms with Gasteiger partial charge in [0.2, 0.25) is 5.91 Å². The number of hydrogen-bond acceptors (Lipinski definition) is 5. The number of carbonyl (C=O) groups is 2. The van der Waals surface area contributed by atoms with Gasteiger partial charge in [-0.3, -0.25) is 19.7 Å². The average molecular weight is 320 g/mol. The smallest absolute Gasteiger partial charge is 0.270 e. The Morgan fingerprint density at radius 3 is 2.52 bits per heavy atom. The number of likely N-dealkylation sites (N-methyl/N-ethyl adjacent to an activating group) is 2. The normalized spacial score (nSPS) is 15.3. The first-order valence-electron chi connectivity index (χ1n) is 7.34. The molecule has 0 radical (unpaired) electrons. The van der Waals surface area contributed by atoms with Crippen molar-refractivity contribution in [1.29, 1.82) is 0 Å². The van der Waals surface area contributed by atoms with Gasteiger partial charge in [-0.15, -0.1) is 0 Å². The molecule has 124 valence electrons. The van der Waals surface area contributed by atoms with Gasteiger partial charge in [0.1, 0.15) is 0 Å². The van der Waals surface area contributed by atoms with E-state index in [0.717, 1.165) is 13.1 Å². The molecule has 2 amide bonds. The first kappa shape index (κ1) is 16.9. The van der Waals surface area contributed by atoms with Crippen LogP contribution in [0, 0.1) is 10.1 Å². The number of amides is 2. The van der Waals surface area contributed by atoms with Crippen LogP contribution in [0.15, 0.2) is 24.3 Å². The lowest BCUT2D eigenvalue weighted by atomic mass is 10.2. The van der Waals surface area contributed by atoms with E-state index < -0.39 is 10.8 Å². The molecular weight excluding hydrogens is 300 g/mol. The number of nitro groups is 1. The van der Waals surface area contributed by atoms with E-state index in [1.807, 2.05) is 7.05 Å². The molecule has 8 heteroatoms. The van der Waals surface area contributed by atoms with Crippen molar-refractivity contribution in [2.45, 2.75) is 0 Å². The highest BCUT2D eigenvalue weighted by Gasteiger charge is 2.23. The van der Waals surface area contributed by atoms with Crippen LogP contribution < -0.4 is 0 Å². The van der Waals surface area contributed by atoms with E-state index >= 15 is 0 Å². The zero-order chi connectivity index (χ0) is 17.0. The summed E-state index contributed by atoms with van der Waals surface area (Å²) in [5.74, 6) is -0.518. The molecule has 0 spiro atoms. The summed E-state index contributed by atoms with van der Waals surface area (Å²) in [6.07, 6.45) is 0. The first-order valence-corrected chi connectivity index (χ1v) is 7.34. The largest absolute Gasteiger partial charge is 0.339 e. The van der Waals surface area contributed by atoms with E-state index in [2.05, 4.69) is 4.90 Å². The summed E-state index contributed by atoms with van der Waals surface area (Å²) >= 11 is 0. The summed E-state index contributed by atoms with van der Waals surface area (Å²) in [6, 6.07) is 5.51. The van der Waals surface area contributed by atoms with Crippen molar-refractivity contribution in [1.82, 2.24) is 14.7 Å². The molecule has 2 rings (SSSR count). The lowest BCUT2D eigenvalue weighted by Crippen LogP contribution is -2.50. The molecule has 0 aliphatic carbocycles. The molecule has 0 bridgehead atoms. The summed E-state index contributed by atoms with van der Waals surface area (Å²) < 4.78 is 0. The second kappa shape index (κ2) is 7.19. The minimum Gasteiger partial charge on any atom is -0.339 e. The summed E-state index contributed by atoms with van der Waals surface area (Å²) in [7, 11) is 3.52. The van der Waals surface area contributed by atoms with Crippen molar-refractivity contribution in [3.63, 3.8) is 0 Å². The number of non-ortho nitro benzene ring substituents is 1. The maximum atomic E-state index is 12.3. The highest BCUT2D eigenvalue weighted by molar-refractivity contribution is 5.96. The Morgan fingerprint density at radius 1 is 1.26 bits per heavy atom. The quantitative estimate of drug-likeness (QED) is 0.593. The van der Waals surface area contributed by atoms with Crippen LogP contribution in [0.3, 0.4) is 0 Å². The maximum absolute atomic E-state index is 12.3. The number of hydrogen-bond donors (Lipinski definition) is 0. The first-order chi connectivity index (χ1) is 10.9. The molecule has 1 aromatic rings. The highest BCUT2D eigenvalue weighted by Crippen LogP contribution is 2.14. The number of piperazine rings is 1. The molecule has 0 saturated carbocycles. The highest BCUT2D eigenvalue weighted by atomic mass is 16.6. The summed E-state index contributed by atoms with van der Waals surface area (Å²) in [5.41, 5.74) is 0.0579. The molecule has 1 aliphatic heterocycles. The van der Waals surface area contributed by atoms with Gasteiger partial charge in [0.15, 0.2) is 0 Å². The third-order valence-electron chi connectivity index (χ3n) is 3.88. The van der Waals surface area contributed by atoms with Crippen LogP contribution in [0.25, 0.3) is 0 Å². The van der Waals surface area contributed by atoms with Gasteiger partial charge in [0.05, 0.1) is 11.5 Å². The zero-order valence-corrected chi connectivity index (χ0v) is 13.3. The van der Waals surface area contributed by atoms with Crippen molar-refractivity contribution >= 4 is 17.5 Å². The van der Waals surface area contributed by atoms with Crippen LogP contribution in [-0.2, 0) is 4.79 Å². The Bertz CT molecular complexity index is 611. The number of benzene rings is 1. The SMILES string of the molecule is CN1CCN(C(=O)CN(C)C(=O)c2cccc([N+](=O)[O-])c2)CC1. The molecule has 8 nitrogen and oxygen atoms in total. The predicted octanol–water partition coefficient (Wildman–Crippen LogP) is 0.441. The Balaban J connectivity index is 1.98. The number of nitrogens with zero attached hydrogens (tertiary/aromatic N) is 4. The number of nitro benzene ring substituents is 1. The Labute approximate surface area is 134 Å². The molecule has 23 heavy (non-hydrogen) atoms. The molecule has 0 unspecified atom stereocenters. The van der Waals surface area contributed by atoms with Crippen LogP contribution in [0.5, 0.6) is 0 Å². The molecule has 1 heterocycles. The van der Waals surface area contributed by atoms with Crippen molar-refractivity contribution in [2.75, 3.05) is 46.8 Å². The van der Waals surface area contributed by atoms with E-state index in [1.165, 1.54) is 36.2 Å². The fourth-order valence-corrected chi connectivity index (χ4v) is 2.40. The van der Waals surface area contributed by atoms with Gasteiger partial charge >= 0.3 is 0 Å². The van der Waals surface area contributed by atoms with Gasteiger partial charge in [-0.25, -0.2) is 0 Å². The van der Waals surface area contributed by atoms with Gasteiger partial charge in [0, 0.05) is 50.9 Å². The van der Waals surface area contributed by atoms with E-state index in [9.17, 15) is 19.7 Å². The summed E-state index contributed by atoms with van der Waals surface area (Å²) in [4.78, 5) is 39.9. The molecule has 0 aromatic heterocycles. The van der Waals surface area contributed by atoms with Crippen LogP contribution in [-0.4, -0.2) is 78.3 Å². The molecule has 1 aromatic carbocycles. The maximum Gasteiger partial charge on any atom is 0.270 e. The lowest BCUT2D eigenvalue weighted by molar-refractivity contribution is -0.384. The minimum absolute atomic E-state index is 0.0365. The monoisotopic (exact) mass is 320 g/mol. The van der Waals surface area contributed by atoms with E-state index in [-0.39, 0.29) is 23.7 Å². The van der Waals surface area contributed by atoms with Gasteiger partial charge in [-0.05, 0) is 13.1 Å². The third kappa shape index (κ3) is 4.26. The van der Waals surface area contributed by atoms with Crippen molar-refractivity contribution < 1.29 is 14.5 Å². The van der Waals surface area contributed by atoms with Crippen LogP contribution in [0.4, 0.5) is 5.69 Å². The molecule has 0 atom stereocenters. The molecule has 1 saturated heterocycles. The van der Waals surface area contributed by atoms with Gasteiger partial charge in [-0.1, -0.05) is 6.07 Å². The fourth-order valence-electron chi connectivity index (χ4n) is 2.40. The summed E-state index contributed by atoms with van der Waals surface area (Å²) in [6.45, 7) is 2.89. The Kier molecular flexibility index (Phi) is 5.28. The Hall–Kier alpha value is -2.48. The topological polar surface area (TPSA) is 87.0 Å². The zero-order valence-electron chi connectivity index (χ0n) is 13.3. The standard InChI is InChI=1S/C15H20N4O4/c1-16-6-8-18(9-7-16)14(20)11-17(2)15(21)12-4-3-5-13(10-12)19(22)23/h3-5,10H,6-9,11H2,1-2H3. The van der Waals surface area contributed by atoms with Crippen LogP contribution >= 0.6 is 0 Å². The average Bonchev–Trinajstić information content (AvgIpc) is 2.54. The van der Waals surface area contributed by atoms with E-state index in [4.69, 9.17) is 0 Å². The summed E-state index contributed by atoms with van der Waals surface area (Å²) in [5, 5.41) is 10.8. The van der Waals surface area contributed by atoms with E-state index in [0.29, 0.717) is 13.1 Å². The predicted molar refractivity (Wildman–Crippen MR) is 84.1 cm³/mol. The van der Waals surface area contributed by atoms with Crippen molar-refractivity contribution in [3.05, 3.63) is 39.9 Å². The minimum atomic E-state index is -0.549. The second-order valence-corrected chi connectivity index (χ2v) is 5.65. The van der Waals surface area contributed by atoms with Gasteiger partial charge < -0.3 is 14.7 Å². The molecule has 1 fully saturated rings. The number of carbonyl (C=O) groups excluding carboxylic acids is 2. The van der Waals surface area contributed by atoms with Crippen molar-refractivity contribution in [3.8, 4) is 0 Å². The van der Waals surface area contributed by atoms with Crippen LogP contribution in [0.2, 0.25) is 0 Å². The fraction of sp³-hybridized carbons (Fsp3) is 0.467. The molecule has 1 aliphatic rings. The second-order valence-electron chi connectivity index (χ2n) is 5.65. The molecular formula is C15H20N4O4. The van der Waals surface area contributed by atoms with Gasteiger partial charge in [-0.2, -0.15) is 0 Å². The van der Waals surface area contributed by atoms with Crippen molar-refractivity contribution in [2.24, 2.45) is 0 Å². The van der Waals surface area contributed by atoms with E-state index in [1.54, 1.807) is 4.90 Å². The Morgan fingerprint density at radius 2 is 1.91 bits per heavy atom. The van der Waals surface area contributed by atoms with Gasteiger partial charge in [0.25, 0.3) is 11.6 Å². The van der Waals surface area contributed by atoms with Crippen LogP contribution in [0.1, 0.15) is 10.4 Å². The lowest BCUT2D eigenvalue weighted by Gasteiger charge is -2.33. The number of rotatable bonds is 4. The third-order valence-corrected chi connectivity index (χ3v) is 3.88.